The third-order valence-corrected chi connectivity index (χ3v) is 4.18. The van der Waals surface area contributed by atoms with Gasteiger partial charge in [-0.15, -0.1) is 13.2 Å². The number of nitrogens with two attached hydrogens (primary N) is 1. The SMILES string of the molecule is N#C[C@@H]1CCOC[C@H]1n1cc(C(N)=O)c(Nc2ccc(OC(F)(F)F)cc2)n1. The number of anilines is 2. The van der Waals surface area contributed by atoms with Crippen LogP contribution < -0.4 is 15.8 Å². The van der Waals surface area contributed by atoms with Crippen molar-refractivity contribution in [3.8, 4) is 11.8 Å². The van der Waals surface area contributed by atoms with E-state index in [-0.39, 0.29) is 35.7 Å². The maximum absolute atomic E-state index is 12.2. The summed E-state index contributed by atoms with van der Waals surface area (Å²) >= 11 is 0. The first-order valence-corrected chi connectivity index (χ1v) is 8.26. The number of primary amides is 1. The summed E-state index contributed by atoms with van der Waals surface area (Å²) in [4.78, 5) is 11.8. The van der Waals surface area contributed by atoms with Crippen LogP contribution in [0.5, 0.6) is 5.75 Å². The van der Waals surface area contributed by atoms with Crippen LogP contribution in [-0.4, -0.2) is 35.3 Å². The van der Waals surface area contributed by atoms with E-state index in [1.807, 2.05) is 0 Å². The van der Waals surface area contributed by atoms with E-state index in [4.69, 9.17) is 10.5 Å². The van der Waals surface area contributed by atoms with Crippen LogP contribution in [0.1, 0.15) is 22.8 Å². The Morgan fingerprint density at radius 1 is 1.39 bits per heavy atom. The van der Waals surface area contributed by atoms with E-state index in [0.717, 1.165) is 12.1 Å². The van der Waals surface area contributed by atoms with Crippen LogP contribution in [0.25, 0.3) is 0 Å². The topological polar surface area (TPSA) is 115 Å². The van der Waals surface area contributed by atoms with Gasteiger partial charge in [-0.1, -0.05) is 0 Å². The Morgan fingerprint density at radius 3 is 2.71 bits per heavy atom. The number of rotatable bonds is 5. The fourth-order valence-electron chi connectivity index (χ4n) is 2.85. The number of carbonyl (C=O) groups is 1. The van der Waals surface area contributed by atoms with Gasteiger partial charge in [0.25, 0.3) is 5.91 Å². The largest absolute Gasteiger partial charge is 0.573 e. The highest BCUT2D eigenvalue weighted by Gasteiger charge is 2.31. The zero-order valence-electron chi connectivity index (χ0n) is 14.4. The Morgan fingerprint density at radius 2 is 2.11 bits per heavy atom. The summed E-state index contributed by atoms with van der Waals surface area (Å²) in [6.45, 7) is 0.733. The van der Waals surface area contributed by atoms with Crippen molar-refractivity contribution in [3.63, 3.8) is 0 Å². The molecule has 1 aliphatic heterocycles. The van der Waals surface area contributed by atoms with E-state index in [2.05, 4.69) is 21.2 Å². The summed E-state index contributed by atoms with van der Waals surface area (Å²) in [7, 11) is 0. The molecule has 1 aromatic carbocycles. The number of hydrogen-bond donors (Lipinski definition) is 2. The molecule has 11 heteroatoms. The molecule has 148 valence electrons. The molecule has 1 aliphatic rings. The molecular weight excluding hydrogens is 379 g/mol. The number of alkyl halides is 3. The van der Waals surface area contributed by atoms with Gasteiger partial charge in [0.1, 0.15) is 11.3 Å². The number of amides is 1. The first-order chi connectivity index (χ1) is 13.3. The van der Waals surface area contributed by atoms with Gasteiger partial charge >= 0.3 is 6.36 Å². The molecule has 28 heavy (non-hydrogen) atoms. The molecule has 0 saturated carbocycles. The van der Waals surface area contributed by atoms with Gasteiger partial charge in [-0.3, -0.25) is 9.48 Å². The summed E-state index contributed by atoms with van der Waals surface area (Å²) in [5.41, 5.74) is 5.85. The molecule has 0 bridgehead atoms. The zero-order valence-corrected chi connectivity index (χ0v) is 14.4. The van der Waals surface area contributed by atoms with Crippen molar-refractivity contribution in [1.29, 1.82) is 5.26 Å². The number of aromatic nitrogens is 2. The van der Waals surface area contributed by atoms with Crippen molar-refractivity contribution < 1.29 is 27.4 Å². The van der Waals surface area contributed by atoms with Gasteiger partial charge in [0.2, 0.25) is 0 Å². The van der Waals surface area contributed by atoms with E-state index in [0.29, 0.717) is 18.7 Å². The monoisotopic (exact) mass is 395 g/mol. The number of ether oxygens (including phenoxy) is 2. The van der Waals surface area contributed by atoms with Crippen LogP contribution in [0.15, 0.2) is 30.5 Å². The van der Waals surface area contributed by atoms with Gasteiger partial charge in [-0.2, -0.15) is 10.4 Å². The third kappa shape index (κ3) is 4.52. The van der Waals surface area contributed by atoms with Gasteiger partial charge in [0, 0.05) is 18.5 Å². The van der Waals surface area contributed by atoms with Crippen LogP contribution >= 0.6 is 0 Å². The average molecular weight is 395 g/mol. The van der Waals surface area contributed by atoms with Gasteiger partial charge in [0.15, 0.2) is 5.82 Å². The number of benzene rings is 1. The van der Waals surface area contributed by atoms with Crippen LogP contribution in [0.3, 0.4) is 0 Å². The predicted molar refractivity (Wildman–Crippen MR) is 90.7 cm³/mol. The summed E-state index contributed by atoms with van der Waals surface area (Å²) in [6.07, 6.45) is -2.82. The minimum absolute atomic E-state index is 0.0814. The van der Waals surface area contributed by atoms with E-state index in [1.165, 1.54) is 23.0 Å². The zero-order chi connectivity index (χ0) is 20.3. The van der Waals surface area contributed by atoms with Gasteiger partial charge in [0.05, 0.1) is 24.6 Å². The molecule has 1 amide bonds. The fraction of sp³-hybridized carbons (Fsp3) is 0.353. The molecular formula is C17H16F3N5O3. The van der Waals surface area contributed by atoms with E-state index < -0.39 is 12.3 Å². The molecule has 3 N–H and O–H groups in total. The smallest absolute Gasteiger partial charge is 0.406 e. The molecule has 2 atom stereocenters. The summed E-state index contributed by atoms with van der Waals surface area (Å²) < 4.78 is 47.4. The Bertz CT molecular complexity index is 889. The highest BCUT2D eigenvalue weighted by molar-refractivity contribution is 5.98. The van der Waals surface area contributed by atoms with Gasteiger partial charge in [-0.05, 0) is 30.7 Å². The minimum Gasteiger partial charge on any atom is -0.406 e. The van der Waals surface area contributed by atoms with Gasteiger partial charge in [-0.25, -0.2) is 0 Å². The van der Waals surface area contributed by atoms with Crippen LogP contribution in [-0.2, 0) is 4.74 Å². The Labute approximate surface area is 157 Å². The fourth-order valence-corrected chi connectivity index (χ4v) is 2.85. The molecule has 0 aliphatic carbocycles. The Hall–Kier alpha value is -3.26. The number of carbonyl (C=O) groups excluding carboxylic acids is 1. The van der Waals surface area contributed by atoms with Crippen molar-refractivity contribution in [2.45, 2.75) is 18.8 Å². The van der Waals surface area contributed by atoms with E-state index >= 15 is 0 Å². The van der Waals surface area contributed by atoms with Crippen LogP contribution in [0.4, 0.5) is 24.7 Å². The molecule has 2 aromatic rings. The maximum Gasteiger partial charge on any atom is 0.573 e. The van der Waals surface area contributed by atoms with E-state index in [9.17, 15) is 23.2 Å². The second-order valence-electron chi connectivity index (χ2n) is 6.10. The normalized spacial score (nSPS) is 19.6. The van der Waals surface area contributed by atoms with Crippen molar-refractivity contribution in [2.24, 2.45) is 11.7 Å². The minimum atomic E-state index is -4.79. The van der Waals surface area contributed by atoms with Gasteiger partial charge < -0.3 is 20.5 Å². The maximum atomic E-state index is 12.2. The predicted octanol–water partition coefficient (Wildman–Crippen LogP) is 2.73. The van der Waals surface area contributed by atoms with Crippen LogP contribution in [0.2, 0.25) is 0 Å². The average Bonchev–Trinajstić information content (AvgIpc) is 3.06. The number of halogens is 3. The molecule has 0 unspecified atom stereocenters. The summed E-state index contributed by atoms with van der Waals surface area (Å²) in [5, 5.41) is 16.4. The lowest BCUT2D eigenvalue weighted by Crippen LogP contribution is -2.29. The lowest BCUT2D eigenvalue weighted by molar-refractivity contribution is -0.274. The Balaban J connectivity index is 1.82. The molecule has 2 heterocycles. The molecule has 0 spiro atoms. The summed E-state index contributed by atoms with van der Waals surface area (Å²) in [5.74, 6) is -1.33. The van der Waals surface area contributed by atoms with Crippen molar-refractivity contribution in [1.82, 2.24) is 9.78 Å². The first-order valence-electron chi connectivity index (χ1n) is 8.26. The molecule has 3 rings (SSSR count). The molecule has 1 saturated heterocycles. The number of hydrogen-bond acceptors (Lipinski definition) is 6. The lowest BCUT2D eigenvalue weighted by Gasteiger charge is -2.26. The molecule has 8 nitrogen and oxygen atoms in total. The standard InChI is InChI=1S/C17H16F3N5O3/c18-17(19,20)28-12-3-1-11(2-4-12)23-16-13(15(22)26)8-25(24-16)14-9-27-6-5-10(14)7-21/h1-4,8,10,14H,5-6,9H2,(H2,22,26)(H,23,24)/t10-,14+/m0/s1. The summed E-state index contributed by atoms with van der Waals surface area (Å²) in [6, 6.07) is 6.75. The first kappa shape index (κ1) is 19.5. The Kier molecular flexibility index (Phi) is 5.41. The molecule has 1 fully saturated rings. The third-order valence-electron chi connectivity index (χ3n) is 4.18. The number of nitrogens with zero attached hydrogens (tertiary/aromatic N) is 3. The van der Waals surface area contributed by atoms with Crippen molar-refractivity contribution in [2.75, 3.05) is 18.5 Å². The van der Waals surface area contributed by atoms with E-state index in [1.54, 1.807) is 0 Å². The van der Waals surface area contributed by atoms with Crippen molar-refractivity contribution >= 4 is 17.4 Å². The second-order valence-corrected chi connectivity index (χ2v) is 6.10. The highest BCUT2D eigenvalue weighted by Crippen LogP contribution is 2.29. The number of nitrogens with one attached hydrogen (secondary N) is 1. The molecule has 0 radical (unpaired) electrons. The van der Waals surface area contributed by atoms with Crippen molar-refractivity contribution in [3.05, 3.63) is 36.0 Å². The second kappa shape index (κ2) is 7.77. The highest BCUT2D eigenvalue weighted by atomic mass is 19.4. The molecule has 1 aromatic heterocycles. The number of nitriles is 1. The lowest BCUT2D eigenvalue weighted by atomic mass is 9.97. The quantitative estimate of drug-likeness (QED) is 0.804. The van der Waals surface area contributed by atoms with Crippen LogP contribution in [0, 0.1) is 17.2 Å².